The van der Waals surface area contributed by atoms with Gasteiger partial charge in [-0.15, -0.1) is 0 Å². The molecular formula is C23H24N2O4. The Morgan fingerprint density at radius 3 is 2.38 bits per heavy atom. The lowest BCUT2D eigenvalue weighted by atomic mass is 9.73. The van der Waals surface area contributed by atoms with Crippen molar-refractivity contribution in [1.29, 1.82) is 0 Å². The fourth-order valence-electron chi connectivity index (χ4n) is 4.45. The highest BCUT2D eigenvalue weighted by Crippen LogP contribution is 2.44. The van der Waals surface area contributed by atoms with Gasteiger partial charge in [-0.25, -0.2) is 0 Å². The Morgan fingerprint density at radius 1 is 1.00 bits per heavy atom. The van der Waals surface area contributed by atoms with Crippen LogP contribution in [0.1, 0.15) is 30.7 Å². The van der Waals surface area contributed by atoms with Crippen molar-refractivity contribution in [2.75, 3.05) is 19.0 Å². The van der Waals surface area contributed by atoms with Crippen LogP contribution in [-0.4, -0.2) is 36.3 Å². The van der Waals surface area contributed by atoms with E-state index in [1.807, 2.05) is 18.2 Å². The molecule has 1 saturated heterocycles. The first-order chi connectivity index (χ1) is 14.1. The van der Waals surface area contributed by atoms with Crippen LogP contribution in [0.5, 0.6) is 5.75 Å². The van der Waals surface area contributed by atoms with E-state index < -0.39 is 0 Å². The molecule has 1 heterocycles. The zero-order valence-electron chi connectivity index (χ0n) is 16.3. The predicted octanol–water partition coefficient (Wildman–Crippen LogP) is 3.20. The van der Waals surface area contributed by atoms with Crippen molar-refractivity contribution in [1.82, 2.24) is 4.90 Å². The minimum absolute atomic E-state index is 0.212. The number of methoxy groups -OCH3 is 1. The fraction of sp³-hybridized carbons (Fsp3) is 0.348. The van der Waals surface area contributed by atoms with E-state index in [-0.39, 0.29) is 42.0 Å². The van der Waals surface area contributed by atoms with Crippen LogP contribution in [0.15, 0.2) is 54.6 Å². The molecule has 1 aliphatic heterocycles. The van der Waals surface area contributed by atoms with Gasteiger partial charge in [0.05, 0.1) is 18.9 Å². The van der Waals surface area contributed by atoms with Crippen molar-refractivity contribution in [3.63, 3.8) is 0 Å². The summed E-state index contributed by atoms with van der Waals surface area (Å²) in [6.45, 7) is -0.243. The molecule has 1 saturated carbocycles. The molecular weight excluding hydrogens is 368 g/mol. The zero-order valence-corrected chi connectivity index (χ0v) is 16.3. The van der Waals surface area contributed by atoms with Gasteiger partial charge in [0.25, 0.3) is 0 Å². The third kappa shape index (κ3) is 3.88. The van der Waals surface area contributed by atoms with Gasteiger partial charge in [0.1, 0.15) is 12.3 Å². The predicted molar refractivity (Wildman–Crippen MR) is 108 cm³/mol. The molecule has 1 aliphatic carbocycles. The molecule has 2 aliphatic rings. The summed E-state index contributed by atoms with van der Waals surface area (Å²) in [7, 11) is 1.57. The standard InChI is InChI=1S/C23H24N2O4/c1-29-18-10-8-17(9-11-18)24-21(26)14-25-22(27)19-12-7-16(13-20(19)23(25)28)15-5-3-2-4-6-15/h2-6,8-11,16,19-20H,7,12-14H2,1H3,(H,24,26)/t16-,19+,20+/m0/s1. The number of benzene rings is 2. The Bertz CT molecular complexity index is 910. The van der Waals surface area contributed by atoms with Gasteiger partial charge in [-0.05, 0) is 55.0 Å². The summed E-state index contributed by atoms with van der Waals surface area (Å²) in [5.74, 6) is -0.462. The van der Waals surface area contributed by atoms with E-state index in [0.29, 0.717) is 24.3 Å². The maximum Gasteiger partial charge on any atom is 0.244 e. The van der Waals surface area contributed by atoms with Gasteiger partial charge in [-0.1, -0.05) is 30.3 Å². The first-order valence-electron chi connectivity index (χ1n) is 9.91. The van der Waals surface area contributed by atoms with Crippen LogP contribution in [0.3, 0.4) is 0 Å². The summed E-state index contributed by atoms with van der Waals surface area (Å²) in [5, 5.41) is 2.74. The first-order valence-corrected chi connectivity index (χ1v) is 9.91. The Kier molecular flexibility index (Phi) is 5.34. The topological polar surface area (TPSA) is 75.7 Å². The first kappa shape index (κ1) is 19.2. The Hall–Kier alpha value is -3.15. The second kappa shape index (κ2) is 8.07. The van der Waals surface area contributed by atoms with Crippen LogP contribution >= 0.6 is 0 Å². The number of amides is 3. The molecule has 4 rings (SSSR count). The third-order valence-corrected chi connectivity index (χ3v) is 5.96. The molecule has 2 aromatic rings. The third-order valence-electron chi connectivity index (χ3n) is 5.96. The van der Waals surface area contributed by atoms with Crippen LogP contribution in [-0.2, 0) is 14.4 Å². The number of rotatable bonds is 5. The summed E-state index contributed by atoms with van der Waals surface area (Å²) in [6, 6.07) is 17.0. The van der Waals surface area contributed by atoms with Crippen LogP contribution in [0.4, 0.5) is 5.69 Å². The smallest absolute Gasteiger partial charge is 0.244 e. The summed E-state index contributed by atoms with van der Waals surface area (Å²) in [4.78, 5) is 39.2. The van der Waals surface area contributed by atoms with Gasteiger partial charge in [-0.2, -0.15) is 0 Å². The number of nitrogens with zero attached hydrogens (tertiary/aromatic N) is 1. The number of likely N-dealkylation sites (tertiary alicyclic amines) is 1. The molecule has 0 spiro atoms. The van der Waals surface area contributed by atoms with E-state index in [4.69, 9.17) is 4.74 Å². The number of nitrogens with one attached hydrogen (secondary N) is 1. The van der Waals surface area contributed by atoms with Crippen molar-refractivity contribution < 1.29 is 19.1 Å². The highest BCUT2D eigenvalue weighted by molar-refractivity contribution is 6.08. The van der Waals surface area contributed by atoms with Gasteiger partial charge in [0.15, 0.2) is 0 Å². The Morgan fingerprint density at radius 2 is 1.69 bits per heavy atom. The van der Waals surface area contributed by atoms with Gasteiger partial charge >= 0.3 is 0 Å². The van der Waals surface area contributed by atoms with E-state index in [1.165, 1.54) is 5.56 Å². The minimum Gasteiger partial charge on any atom is -0.497 e. The molecule has 2 aromatic carbocycles. The van der Waals surface area contributed by atoms with E-state index in [2.05, 4.69) is 17.4 Å². The number of imide groups is 1. The number of carbonyl (C=O) groups is 3. The summed E-state index contributed by atoms with van der Waals surface area (Å²) in [6.07, 6.45) is 2.23. The summed E-state index contributed by atoms with van der Waals surface area (Å²) in [5.41, 5.74) is 1.80. The molecule has 0 bridgehead atoms. The molecule has 1 N–H and O–H groups in total. The fourth-order valence-corrected chi connectivity index (χ4v) is 4.45. The number of hydrogen-bond acceptors (Lipinski definition) is 4. The molecule has 0 aromatic heterocycles. The second-order valence-corrected chi connectivity index (χ2v) is 7.67. The number of hydrogen-bond donors (Lipinski definition) is 1. The Labute approximate surface area is 169 Å². The second-order valence-electron chi connectivity index (χ2n) is 7.67. The quantitative estimate of drug-likeness (QED) is 0.793. The monoisotopic (exact) mass is 392 g/mol. The van der Waals surface area contributed by atoms with Gasteiger partial charge in [0.2, 0.25) is 17.7 Å². The molecule has 2 fully saturated rings. The molecule has 3 amide bonds. The largest absolute Gasteiger partial charge is 0.497 e. The van der Waals surface area contributed by atoms with E-state index >= 15 is 0 Å². The van der Waals surface area contributed by atoms with Crippen molar-refractivity contribution in [2.45, 2.75) is 25.2 Å². The number of carbonyl (C=O) groups excluding carboxylic acids is 3. The molecule has 29 heavy (non-hydrogen) atoms. The molecule has 0 radical (unpaired) electrons. The zero-order chi connectivity index (χ0) is 20.4. The van der Waals surface area contributed by atoms with E-state index in [9.17, 15) is 14.4 Å². The molecule has 3 atom stereocenters. The SMILES string of the molecule is COc1ccc(NC(=O)CN2C(=O)[C@@H]3CC[C@H](c4ccccc4)C[C@H]3C2=O)cc1. The lowest BCUT2D eigenvalue weighted by Crippen LogP contribution is -2.38. The maximum atomic E-state index is 12.9. The van der Waals surface area contributed by atoms with Gasteiger partial charge in [-0.3, -0.25) is 19.3 Å². The normalized spacial score (nSPS) is 23.6. The van der Waals surface area contributed by atoms with E-state index in [1.54, 1.807) is 31.4 Å². The molecule has 6 nitrogen and oxygen atoms in total. The van der Waals surface area contributed by atoms with Crippen molar-refractivity contribution in [2.24, 2.45) is 11.8 Å². The maximum absolute atomic E-state index is 12.9. The summed E-state index contributed by atoms with van der Waals surface area (Å²) >= 11 is 0. The average Bonchev–Trinajstić information content (AvgIpc) is 2.99. The van der Waals surface area contributed by atoms with Crippen molar-refractivity contribution in [3.8, 4) is 5.75 Å². The van der Waals surface area contributed by atoms with Crippen LogP contribution in [0, 0.1) is 11.8 Å². The van der Waals surface area contributed by atoms with Gasteiger partial charge in [0, 0.05) is 5.69 Å². The number of anilines is 1. The van der Waals surface area contributed by atoms with Crippen molar-refractivity contribution >= 4 is 23.4 Å². The van der Waals surface area contributed by atoms with Crippen LogP contribution in [0.25, 0.3) is 0 Å². The van der Waals surface area contributed by atoms with Crippen molar-refractivity contribution in [3.05, 3.63) is 60.2 Å². The molecule has 6 heteroatoms. The lowest BCUT2D eigenvalue weighted by Gasteiger charge is -2.28. The van der Waals surface area contributed by atoms with Crippen LogP contribution < -0.4 is 10.1 Å². The van der Waals surface area contributed by atoms with Gasteiger partial charge < -0.3 is 10.1 Å². The molecule has 150 valence electrons. The number of ether oxygens (including phenoxy) is 1. The summed E-state index contributed by atoms with van der Waals surface area (Å²) < 4.78 is 5.09. The highest BCUT2D eigenvalue weighted by atomic mass is 16.5. The Balaban J connectivity index is 1.41. The average molecular weight is 392 g/mol. The minimum atomic E-state index is -0.380. The van der Waals surface area contributed by atoms with Crippen LogP contribution in [0.2, 0.25) is 0 Å². The molecule has 0 unspecified atom stereocenters. The number of fused-ring (bicyclic) bond motifs is 1. The highest BCUT2D eigenvalue weighted by Gasteiger charge is 2.50. The van der Waals surface area contributed by atoms with E-state index in [0.717, 1.165) is 11.3 Å². The lowest BCUT2D eigenvalue weighted by molar-refractivity contribution is -0.142.